The largest absolute Gasteiger partial charge is 0.468 e. The normalized spacial score (nSPS) is 27.5. The number of benzene rings is 1. The van der Waals surface area contributed by atoms with Crippen LogP contribution in [0.2, 0.25) is 0 Å². The molecule has 2 saturated heterocycles. The van der Waals surface area contributed by atoms with Crippen LogP contribution in [0.1, 0.15) is 48.0 Å². The first-order chi connectivity index (χ1) is 14.9. The molecule has 2 aliphatic heterocycles. The lowest BCUT2D eigenvalue weighted by Crippen LogP contribution is -2.56. The number of carbonyl (C=O) groups is 4. The number of fused-ring (bicyclic) bond motifs is 1. The predicted molar refractivity (Wildman–Crippen MR) is 116 cm³/mol. The quantitative estimate of drug-likeness (QED) is 0.422. The number of nitrogens with zero attached hydrogens (tertiary/aromatic N) is 1. The number of ketones is 1. The third-order valence-corrected chi connectivity index (χ3v) is 7.16. The molecule has 8 heteroatoms. The Labute approximate surface area is 184 Å². The highest BCUT2D eigenvalue weighted by molar-refractivity contribution is 7.10. The minimum Gasteiger partial charge on any atom is -0.468 e. The molecule has 0 aliphatic carbocycles. The van der Waals surface area contributed by atoms with Gasteiger partial charge in [0.2, 0.25) is 11.8 Å². The van der Waals surface area contributed by atoms with E-state index in [0.29, 0.717) is 24.1 Å². The van der Waals surface area contributed by atoms with Crippen LogP contribution < -0.4 is 10.2 Å². The van der Waals surface area contributed by atoms with Crippen molar-refractivity contribution in [3.8, 4) is 0 Å². The van der Waals surface area contributed by atoms with Crippen molar-refractivity contribution in [1.82, 2.24) is 5.32 Å². The van der Waals surface area contributed by atoms with E-state index >= 15 is 0 Å². The molecule has 0 spiro atoms. The van der Waals surface area contributed by atoms with Gasteiger partial charge in [-0.2, -0.15) is 0 Å². The molecule has 7 nitrogen and oxygen atoms in total. The second-order valence-corrected chi connectivity index (χ2v) is 8.95. The maximum absolute atomic E-state index is 13.7. The molecule has 0 radical (unpaired) electrons. The lowest BCUT2D eigenvalue weighted by Gasteiger charge is -2.32. The number of nitrogens with one attached hydrogen (secondary N) is 1. The Bertz CT molecular complexity index is 1050. The lowest BCUT2D eigenvalue weighted by atomic mass is 9.77. The molecule has 0 saturated carbocycles. The minimum atomic E-state index is -1.29. The highest BCUT2D eigenvalue weighted by atomic mass is 32.1. The molecule has 0 unspecified atom stereocenters. The van der Waals surface area contributed by atoms with Gasteiger partial charge in [-0.1, -0.05) is 31.5 Å². The highest BCUT2D eigenvalue weighted by Gasteiger charge is 2.68. The topological polar surface area (TPSA) is 92.8 Å². The van der Waals surface area contributed by atoms with Crippen molar-refractivity contribution in [2.24, 2.45) is 11.8 Å². The number of carbonyl (C=O) groups excluding carboxylic acids is 4. The van der Waals surface area contributed by atoms with Crippen molar-refractivity contribution in [2.45, 2.75) is 38.3 Å². The van der Waals surface area contributed by atoms with E-state index in [0.717, 1.165) is 9.78 Å². The molecule has 1 aromatic carbocycles. The lowest BCUT2D eigenvalue weighted by molar-refractivity contribution is -0.152. The van der Waals surface area contributed by atoms with Gasteiger partial charge in [-0.25, -0.2) is 4.90 Å². The summed E-state index contributed by atoms with van der Waals surface area (Å²) in [6.07, 6.45) is 0.993. The molecular formula is C23H24N2O5S. The van der Waals surface area contributed by atoms with E-state index in [9.17, 15) is 19.2 Å². The Balaban J connectivity index is 1.85. The van der Waals surface area contributed by atoms with Crippen LogP contribution in [0.4, 0.5) is 5.69 Å². The molecule has 1 N–H and O–H groups in total. The summed E-state index contributed by atoms with van der Waals surface area (Å²) in [4.78, 5) is 54.2. The zero-order chi connectivity index (χ0) is 22.3. The fourth-order valence-corrected chi connectivity index (χ4v) is 5.75. The van der Waals surface area contributed by atoms with E-state index in [1.807, 2.05) is 24.4 Å². The van der Waals surface area contributed by atoms with Gasteiger partial charge >= 0.3 is 5.97 Å². The number of hydrogen-bond donors (Lipinski definition) is 1. The molecule has 2 amide bonds. The second-order valence-electron chi connectivity index (χ2n) is 7.97. The second kappa shape index (κ2) is 8.01. The van der Waals surface area contributed by atoms with Gasteiger partial charge in [0.1, 0.15) is 5.54 Å². The van der Waals surface area contributed by atoms with Crippen LogP contribution in [0.15, 0.2) is 41.8 Å². The summed E-state index contributed by atoms with van der Waals surface area (Å²) < 4.78 is 5.11. The number of imide groups is 1. The van der Waals surface area contributed by atoms with Crippen LogP contribution in [0, 0.1) is 11.8 Å². The number of esters is 1. The zero-order valence-electron chi connectivity index (χ0n) is 17.6. The Kier molecular flexibility index (Phi) is 5.53. The molecule has 2 fully saturated rings. The van der Waals surface area contributed by atoms with Crippen molar-refractivity contribution in [1.29, 1.82) is 0 Å². The van der Waals surface area contributed by atoms with Crippen LogP contribution in [0.3, 0.4) is 0 Å². The Morgan fingerprint density at radius 3 is 2.58 bits per heavy atom. The van der Waals surface area contributed by atoms with Crippen LogP contribution in [0.5, 0.6) is 0 Å². The van der Waals surface area contributed by atoms with Crippen molar-refractivity contribution in [3.63, 3.8) is 0 Å². The van der Waals surface area contributed by atoms with Gasteiger partial charge in [-0.3, -0.25) is 24.5 Å². The zero-order valence-corrected chi connectivity index (χ0v) is 18.4. The summed E-state index contributed by atoms with van der Waals surface area (Å²) in [6, 6.07) is 9.77. The smallest absolute Gasteiger partial charge is 0.326 e. The average Bonchev–Trinajstić information content (AvgIpc) is 3.45. The molecule has 2 aliphatic rings. The maximum atomic E-state index is 13.7. The van der Waals surface area contributed by atoms with Gasteiger partial charge in [0.15, 0.2) is 5.78 Å². The van der Waals surface area contributed by atoms with E-state index in [4.69, 9.17) is 4.74 Å². The predicted octanol–water partition coefficient (Wildman–Crippen LogP) is 3.11. The van der Waals surface area contributed by atoms with Crippen LogP contribution in [-0.4, -0.2) is 36.2 Å². The van der Waals surface area contributed by atoms with E-state index in [2.05, 4.69) is 5.32 Å². The van der Waals surface area contributed by atoms with Crippen molar-refractivity contribution < 1.29 is 23.9 Å². The summed E-state index contributed by atoms with van der Waals surface area (Å²) >= 11 is 1.47. The van der Waals surface area contributed by atoms with E-state index in [1.54, 1.807) is 24.3 Å². The number of hydrogen-bond acceptors (Lipinski definition) is 7. The molecule has 0 bridgehead atoms. The van der Waals surface area contributed by atoms with Gasteiger partial charge < -0.3 is 4.74 Å². The molecule has 31 heavy (non-hydrogen) atoms. The van der Waals surface area contributed by atoms with Crippen molar-refractivity contribution in [3.05, 3.63) is 52.2 Å². The molecule has 1 aromatic heterocycles. The fourth-order valence-electron chi connectivity index (χ4n) is 4.93. The van der Waals surface area contributed by atoms with Gasteiger partial charge in [-0.05, 0) is 36.9 Å². The summed E-state index contributed by atoms with van der Waals surface area (Å²) in [6.45, 7) is 3.36. The van der Waals surface area contributed by atoms with Gasteiger partial charge in [0.05, 0.1) is 30.7 Å². The molecule has 2 aromatic rings. The first-order valence-electron chi connectivity index (χ1n) is 10.2. The molecular weight excluding hydrogens is 416 g/mol. The van der Waals surface area contributed by atoms with Gasteiger partial charge in [0.25, 0.3) is 0 Å². The van der Waals surface area contributed by atoms with Gasteiger partial charge in [0, 0.05) is 10.4 Å². The van der Waals surface area contributed by atoms with Crippen LogP contribution >= 0.6 is 11.3 Å². The molecule has 162 valence electrons. The summed E-state index contributed by atoms with van der Waals surface area (Å²) in [5.41, 5.74) is -0.532. The van der Waals surface area contributed by atoms with Crippen molar-refractivity contribution >= 4 is 40.6 Å². The number of ether oxygens (including phenoxy) is 1. The fraction of sp³-hybridized carbons (Fsp3) is 0.391. The highest BCUT2D eigenvalue weighted by Crippen LogP contribution is 2.52. The van der Waals surface area contributed by atoms with Crippen LogP contribution in [-0.2, 0) is 19.1 Å². The molecule has 4 atom stereocenters. The number of anilines is 1. The standard InChI is InChI=1S/C23H24N2O5S/c1-4-10-23(22(29)30-3)18-17(19(24-23)16-9-6-11-31-16)20(27)25(21(18)28)15-8-5-7-14(12-15)13(2)26/h5-9,11-12,17-19,24H,4,10H2,1-3H3/t17-,18+,19-,23-/m0/s1. The van der Waals surface area contributed by atoms with Crippen molar-refractivity contribution in [2.75, 3.05) is 12.0 Å². The van der Waals surface area contributed by atoms with E-state index in [1.165, 1.54) is 25.4 Å². The first-order valence-corrected chi connectivity index (χ1v) is 11.1. The molecule has 3 heterocycles. The number of thiophene rings is 1. The van der Waals surface area contributed by atoms with Gasteiger partial charge in [-0.15, -0.1) is 11.3 Å². The Hall–Kier alpha value is -2.84. The monoisotopic (exact) mass is 440 g/mol. The summed E-state index contributed by atoms with van der Waals surface area (Å²) in [7, 11) is 1.30. The number of rotatable bonds is 6. The summed E-state index contributed by atoms with van der Waals surface area (Å²) in [5, 5.41) is 5.24. The first kappa shape index (κ1) is 21.4. The Morgan fingerprint density at radius 1 is 1.19 bits per heavy atom. The third-order valence-electron chi connectivity index (χ3n) is 6.21. The average molecular weight is 441 g/mol. The number of amides is 2. The summed E-state index contributed by atoms with van der Waals surface area (Å²) in [5.74, 6) is -3.14. The third kappa shape index (κ3) is 3.21. The SMILES string of the molecule is CCC[C@]1(C(=O)OC)N[C@@H](c2cccs2)[C@H]2C(=O)N(c3cccc(C(C)=O)c3)C(=O)[C@@H]21. The van der Waals surface area contributed by atoms with E-state index < -0.39 is 35.3 Å². The van der Waals surface area contributed by atoms with Crippen LogP contribution in [0.25, 0.3) is 0 Å². The molecule has 4 rings (SSSR count). The number of Topliss-reactive ketones (excluding diaryl/α,β-unsaturated/α-hetero) is 1. The number of methoxy groups -OCH3 is 1. The van der Waals surface area contributed by atoms with E-state index in [-0.39, 0.29) is 11.7 Å². The Morgan fingerprint density at radius 2 is 1.97 bits per heavy atom. The minimum absolute atomic E-state index is 0.158. The maximum Gasteiger partial charge on any atom is 0.326 e.